The van der Waals surface area contributed by atoms with E-state index in [1.54, 1.807) is 6.92 Å². The zero-order valence-corrected chi connectivity index (χ0v) is 6.65. The van der Waals surface area contributed by atoms with E-state index in [4.69, 9.17) is 10.2 Å². The van der Waals surface area contributed by atoms with Crippen molar-refractivity contribution in [3.63, 3.8) is 0 Å². The summed E-state index contributed by atoms with van der Waals surface area (Å²) in [6.07, 6.45) is 1.27. The Morgan fingerprint density at radius 1 is 1.67 bits per heavy atom. The maximum atomic E-state index is 11.0. The fourth-order valence-corrected chi connectivity index (χ4v) is 1.41. The normalized spacial score (nSPS) is 29.8. The highest BCUT2D eigenvalue weighted by atomic mass is 16.4. The summed E-state index contributed by atoms with van der Waals surface area (Å²) in [6.45, 7) is 1.64. The van der Waals surface area contributed by atoms with Crippen molar-refractivity contribution in [2.24, 2.45) is 11.8 Å². The van der Waals surface area contributed by atoms with Crippen molar-refractivity contribution >= 4 is 11.8 Å². The molecule has 0 spiro atoms. The average Bonchev–Trinajstić information content (AvgIpc) is 1.82. The highest BCUT2D eigenvalue weighted by Gasteiger charge is 2.34. The molecular weight excluding hydrogens is 160 g/mol. The van der Waals surface area contributed by atoms with Crippen molar-refractivity contribution in [2.45, 2.75) is 13.3 Å². The first-order valence-electron chi connectivity index (χ1n) is 3.68. The molecule has 0 heterocycles. The van der Waals surface area contributed by atoms with Crippen LogP contribution in [0.4, 0.5) is 0 Å². The first-order valence-corrected chi connectivity index (χ1v) is 3.68. The molecule has 4 nitrogen and oxygen atoms in total. The Bertz CT molecular complexity index is 254. The minimum absolute atomic E-state index is 0.0231. The van der Waals surface area contributed by atoms with Gasteiger partial charge in [-0.25, -0.2) is 0 Å². The second kappa shape index (κ2) is 2.97. The quantitative estimate of drug-likeness (QED) is 0.569. The molecule has 0 aliphatic heterocycles. The summed E-state index contributed by atoms with van der Waals surface area (Å²) >= 11 is 0. The Labute approximate surface area is 69.5 Å². The molecule has 0 fully saturated rings. The van der Waals surface area contributed by atoms with Gasteiger partial charge in [0.2, 0.25) is 0 Å². The van der Waals surface area contributed by atoms with Crippen molar-refractivity contribution in [3.05, 3.63) is 11.8 Å². The molecule has 0 aromatic rings. The molecule has 0 bridgehead atoms. The Balaban J connectivity index is 2.90. The monoisotopic (exact) mass is 170 g/mol. The lowest BCUT2D eigenvalue weighted by Crippen LogP contribution is -2.32. The van der Waals surface area contributed by atoms with Crippen LogP contribution in [0.2, 0.25) is 0 Å². The van der Waals surface area contributed by atoms with E-state index in [-0.39, 0.29) is 18.1 Å². The van der Waals surface area contributed by atoms with Gasteiger partial charge in [-0.1, -0.05) is 6.92 Å². The maximum absolute atomic E-state index is 11.0. The Morgan fingerprint density at radius 2 is 2.25 bits per heavy atom. The number of carboxylic acids is 1. The fraction of sp³-hybridized carbons (Fsp3) is 0.500. The molecule has 2 atom stereocenters. The largest absolute Gasteiger partial charge is 0.512 e. The molecule has 0 saturated carbocycles. The third-order valence-electron chi connectivity index (χ3n) is 1.98. The molecule has 2 N–H and O–H groups in total. The van der Waals surface area contributed by atoms with Crippen LogP contribution in [0.25, 0.3) is 0 Å². The van der Waals surface area contributed by atoms with Gasteiger partial charge in [0, 0.05) is 12.5 Å². The minimum Gasteiger partial charge on any atom is -0.512 e. The number of rotatable bonds is 1. The lowest BCUT2D eigenvalue weighted by Gasteiger charge is -2.21. The van der Waals surface area contributed by atoms with E-state index in [0.717, 1.165) is 6.08 Å². The molecule has 0 aromatic carbocycles. The number of allylic oxidation sites excluding steroid dienone is 2. The van der Waals surface area contributed by atoms with Crippen LogP contribution in [0.15, 0.2) is 11.8 Å². The van der Waals surface area contributed by atoms with E-state index >= 15 is 0 Å². The van der Waals surface area contributed by atoms with E-state index in [1.165, 1.54) is 0 Å². The predicted octanol–water partition coefficient (Wildman–Crippen LogP) is 0.738. The molecule has 0 amide bonds. The highest BCUT2D eigenvalue weighted by Crippen LogP contribution is 2.25. The number of aliphatic hydroxyl groups is 1. The molecular formula is C8H10O4. The summed E-state index contributed by atoms with van der Waals surface area (Å²) in [5.41, 5.74) is 0. The van der Waals surface area contributed by atoms with Gasteiger partial charge in [0.25, 0.3) is 0 Å². The molecule has 66 valence electrons. The van der Waals surface area contributed by atoms with Gasteiger partial charge >= 0.3 is 5.97 Å². The molecule has 1 aliphatic carbocycles. The molecule has 0 saturated heterocycles. The molecule has 1 rings (SSSR count). The standard InChI is InChI=1S/C8H10O4/c1-4-2-5(9)3-6(10)7(4)8(11)12/h3-4,7,9H,2H2,1H3,(H,11,12). The number of carbonyl (C=O) groups excluding carboxylic acids is 1. The van der Waals surface area contributed by atoms with Gasteiger partial charge in [-0.3, -0.25) is 9.59 Å². The highest BCUT2D eigenvalue weighted by molar-refractivity contribution is 6.05. The summed E-state index contributed by atoms with van der Waals surface area (Å²) in [4.78, 5) is 21.6. The van der Waals surface area contributed by atoms with Crippen LogP contribution in [-0.2, 0) is 9.59 Å². The Kier molecular flexibility index (Phi) is 2.17. The zero-order chi connectivity index (χ0) is 9.30. The number of hydrogen-bond acceptors (Lipinski definition) is 3. The number of carbonyl (C=O) groups is 2. The molecule has 0 aromatic heterocycles. The van der Waals surface area contributed by atoms with Crippen LogP contribution in [0.3, 0.4) is 0 Å². The van der Waals surface area contributed by atoms with Crippen LogP contribution < -0.4 is 0 Å². The number of hydrogen-bond donors (Lipinski definition) is 2. The van der Waals surface area contributed by atoms with Gasteiger partial charge in [-0.2, -0.15) is 0 Å². The molecule has 12 heavy (non-hydrogen) atoms. The van der Waals surface area contributed by atoms with Crippen molar-refractivity contribution in [1.82, 2.24) is 0 Å². The van der Waals surface area contributed by atoms with Crippen LogP contribution in [-0.4, -0.2) is 22.0 Å². The summed E-state index contributed by atoms with van der Waals surface area (Å²) in [5, 5.41) is 17.6. The first-order chi connectivity index (χ1) is 5.52. The summed E-state index contributed by atoms with van der Waals surface area (Å²) in [5.74, 6) is -2.96. The fourth-order valence-electron chi connectivity index (χ4n) is 1.41. The zero-order valence-electron chi connectivity index (χ0n) is 6.65. The van der Waals surface area contributed by atoms with E-state index < -0.39 is 17.7 Å². The average molecular weight is 170 g/mol. The SMILES string of the molecule is CC1CC(O)=CC(=O)C1C(=O)O. The predicted molar refractivity (Wildman–Crippen MR) is 40.6 cm³/mol. The third kappa shape index (κ3) is 1.47. The van der Waals surface area contributed by atoms with Gasteiger partial charge in [-0.05, 0) is 5.92 Å². The van der Waals surface area contributed by atoms with Gasteiger partial charge in [0.15, 0.2) is 5.78 Å². The van der Waals surface area contributed by atoms with E-state index in [0.29, 0.717) is 0 Å². The topological polar surface area (TPSA) is 74.6 Å². The van der Waals surface area contributed by atoms with Gasteiger partial charge in [-0.15, -0.1) is 0 Å². The number of aliphatic carboxylic acids is 1. The third-order valence-corrected chi connectivity index (χ3v) is 1.98. The van der Waals surface area contributed by atoms with Crippen LogP contribution in [0.1, 0.15) is 13.3 Å². The summed E-state index contributed by atoms with van der Waals surface area (Å²) in [6, 6.07) is 0. The molecule has 0 radical (unpaired) electrons. The summed E-state index contributed by atoms with van der Waals surface area (Å²) < 4.78 is 0. The first kappa shape index (κ1) is 8.77. The van der Waals surface area contributed by atoms with Crippen LogP contribution in [0, 0.1) is 11.8 Å². The van der Waals surface area contributed by atoms with Gasteiger partial charge in [0.05, 0.1) is 5.76 Å². The summed E-state index contributed by atoms with van der Waals surface area (Å²) in [7, 11) is 0. The van der Waals surface area contributed by atoms with Crippen LogP contribution in [0.5, 0.6) is 0 Å². The maximum Gasteiger partial charge on any atom is 0.314 e. The lowest BCUT2D eigenvalue weighted by molar-refractivity contribution is -0.147. The molecule has 4 heteroatoms. The van der Waals surface area contributed by atoms with E-state index in [1.807, 2.05) is 0 Å². The smallest absolute Gasteiger partial charge is 0.314 e. The van der Waals surface area contributed by atoms with Crippen LogP contribution >= 0.6 is 0 Å². The Morgan fingerprint density at radius 3 is 2.67 bits per heavy atom. The second-order valence-corrected chi connectivity index (χ2v) is 3.04. The molecule has 2 unspecified atom stereocenters. The van der Waals surface area contributed by atoms with Crippen molar-refractivity contribution in [1.29, 1.82) is 0 Å². The van der Waals surface area contributed by atoms with Crippen molar-refractivity contribution in [3.8, 4) is 0 Å². The van der Waals surface area contributed by atoms with Crippen molar-refractivity contribution < 1.29 is 19.8 Å². The van der Waals surface area contributed by atoms with Gasteiger partial charge in [0.1, 0.15) is 5.92 Å². The van der Waals surface area contributed by atoms with E-state index in [9.17, 15) is 9.59 Å². The van der Waals surface area contributed by atoms with Gasteiger partial charge < -0.3 is 10.2 Å². The minimum atomic E-state index is -1.11. The van der Waals surface area contributed by atoms with E-state index in [2.05, 4.69) is 0 Å². The second-order valence-electron chi connectivity index (χ2n) is 3.04. The van der Waals surface area contributed by atoms with Crippen molar-refractivity contribution in [2.75, 3.05) is 0 Å². The lowest BCUT2D eigenvalue weighted by atomic mass is 9.83. The number of carboxylic acid groups (broad SMARTS) is 1. The molecule has 1 aliphatic rings. The Hall–Kier alpha value is -1.32. The number of aliphatic hydroxyl groups excluding tert-OH is 1. The number of ketones is 1.